The lowest BCUT2D eigenvalue weighted by molar-refractivity contribution is -0.384. The lowest BCUT2D eigenvalue weighted by atomic mass is 10.1. The number of aliphatic carboxylic acids is 1. The van der Waals surface area contributed by atoms with Crippen molar-refractivity contribution >= 4 is 23.4 Å². The highest BCUT2D eigenvalue weighted by atomic mass is 16.6. The van der Waals surface area contributed by atoms with Crippen LogP contribution in [0.4, 0.5) is 11.4 Å². The number of nitriles is 1. The van der Waals surface area contributed by atoms with Gasteiger partial charge in [0.2, 0.25) is 0 Å². The molecule has 0 saturated carbocycles. The third kappa shape index (κ3) is 3.98. The molecule has 1 N–H and O–H groups in total. The number of anilines is 1. The number of nitro groups is 1. The number of carboxylic acids is 1. The molecule has 1 fully saturated rings. The number of hydrogen-bond acceptors (Lipinski definition) is 6. The van der Waals surface area contributed by atoms with Crippen molar-refractivity contribution in [3.05, 3.63) is 51.8 Å². The number of nitrogens with zero attached hydrogens (tertiary/aromatic N) is 3. The zero-order valence-corrected chi connectivity index (χ0v) is 14.4. The molecule has 0 amide bonds. The van der Waals surface area contributed by atoms with Gasteiger partial charge in [-0.15, -0.1) is 0 Å². The molecular formula is C19H17N3O5. The summed E-state index contributed by atoms with van der Waals surface area (Å²) in [5.41, 5.74) is 0.650. The van der Waals surface area contributed by atoms with Gasteiger partial charge < -0.3 is 14.4 Å². The van der Waals surface area contributed by atoms with E-state index >= 15 is 0 Å². The zero-order valence-electron chi connectivity index (χ0n) is 14.4. The average Bonchev–Trinajstić information content (AvgIpc) is 3.14. The molecule has 27 heavy (non-hydrogen) atoms. The maximum atomic E-state index is 11.5. The maximum Gasteiger partial charge on any atom is 0.346 e. The molecule has 2 heterocycles. The van der Waals surface area contributed by atoms with Crippen molar-refractivity contribution in [2.45, 2.75) is 19.3 Å². The highest BCUT2D eigenvalue weighted by Crippen LogP contribution is 2.35. The molecule has 1 aliphatic rings. The summed E-state index contributed by atoms with van der Waals surface area (Å²) in [5, 5.41) is 29.3. The van der Waals surface area contributed by atoms with Crippen molar-refractivity contribution in [1.82, 2.24) is 0 Å². The predicted octanol–water partition coefficient (Wildman–Crippen LogP) is 3.84. The van der Waals surface area contributed by atoms with Gasteiger partial charge in [0, 0.05) is 30.8 Å². The summed E-state index contributed by atoms with van der Waals surface area (Å²) in [5.74, 6) is -0.805. The molecule has 1 saturated heterocycles. The molecule has 1 aromatic heterocycles. The summed E-state index contributed by atoms with van der Waals surface area (Å²) in [6.45, 7) is 1.59. The van der Waals surface area contributed by atoms with E-state index in [1.54, 1.807) is 24.3 Å². The van der Waals surface area contributed by atoms with E-state index in [1.807, 2.05) is 4.90 Å². The van der Waals surface area contributed by atoms with Gasteiger partial charge in [0.15, 0.2) is 0 Å². The third-order valence-electron chi connectivity index (χ3n) is 4.42. The van der Waals surface area contributed by atoms with Gasteiger partial charge in [-0.25, -0.2) is 4.79 Å². The summed E-state index contributed by atoms with van der Waals surface area (Å²) in [6.07, 6.45) is 4.27. The largest absolute Gasteiger partial charge is 0.477 e. The number of hydrogen-bond donors (Lipinski definition) is 1. The van der Waals surface area contributed by atoms with Crippen molar-refractivity contribution in [1.29, 1.82) is 5.26 Å². The van der Waals surface area contributed by atoms with E-state index in [0.29, 0.717) is 17.0 Å². The van der Waals surface area contributed by atoms with Crippen LogP contribution in [0.25, 0.3) is 17.4 Å². The minimum Gasteiger partial charge on any atom is -0.477 e. The zero-order chi connectivity index (χ0) is 19.4. The maximum absolute atomic E-state index is 11.5. The van der Waals surface area contributed by atoms with E-state index in [0.717, 1.165) is 38.4 Å². The van der Waals surface area contributed by atoms with Gasteiger partial charge in [-0.2, -0.15) is 5.26 Å². The highest BCUT2D eigenvalue weighted by molar-refractivity contribution is 5.96. The summed E-state index contributed by atoms with van der Waals surface area (Å²) >= 11 is 0. The smallest absolute Gasteiger partial charge is 0.346 e. The average molecular weight is 367 g/mol. The first-order chi connectivity index (χ1) is 13.0. The number of furan rings is 1. The molecule has 8 nitrogen and oxygen atoms in total. The highest BCUT2D eigenvalue weighted by Gasteiger charge is 2.22. The van der Waals surface area contributed by atoms with Gasteiger partial charge in [0.05, 0.1) is 4.92 Å². The Hall–Kier alpha value is -3.60. The number of carbonyl (C=O) groups is 1. The minimum absolute atomic E-state index is 0.00569. The fourth-order valence-electron chi connectivity index (χ4n) is 3.09. The van der Waals surface area contributed by atoms with E-state index in [4.69, 9.17) is 14.8 Å². The monoisotopic (exact) mass is 367 g/mol. The second-order valence-electron chi connectivity index (χ2n) is 6.19. The van der Waals surface area contributed by atoms with Gasteiger partial charge in [0.1, 0.15) is 28.9 Å². The lowest BCUT2D eigenvalue weighted by Crippen LogP contribution is -2.29. The summed E-state index contributed by atoms with van der Waals surface area (Å²) in [6, 6.07) is 9.59. The van der Waals surface area contributed by atoms with Crippen LogP contribution in [0, 0.1) is 21.4 Å². The number of piperidine rings is 1. The molecule has 138 valence electrons. The van der Waals surface area contributed by atoms with Gasteiger partial charge in [-0.05, 0) is 43.5 Å². The van der Waals surface area contributed by atoms with Crippen LogP contribution in [0.5, 0.6) is 0 Å². The Bertz CT molecular complexity index is 948. The molecule has 2 aromatic rings. The van der Waals surface area contributed by atoms with E-state index in [1.165, 1.54) is 12.1 Å². The number of rotatable bonds is 5. The first-order valence-corrected chi connectivity index (χ1v) is 8.48. The lowest BCUT2D eigenvalue weighted by Gasteiger charge is -2.28. The molecule has 8 heteroatoms. The quantitative estimate of drug-likeness (QED) is 0.369. The Morgan fingerprint density at radius 1 is 1.26 bits per heavy atom. The first-order valence-electron chi connectivity index (χ1n) is 8.48. The third-order valence-corrected chi connectivity index (χ3v) is 4.42. The molecule has 0 aliphatic carbocycles. The van der Waals surface area contributed by atoms with Crippen LogP contribution in [0.15, 0.2) is 40.3 Å². The fourth-order valence-corrected chi connectivity index (χ4v) is 3.09. The van der Waals surface area contributed by atoms with Crippen LogP contribution in [0.3, 0.4) is 0 Å². The van der Waals surface area contributed by atoms with Gasteiger partial charge >= 0.3 is 5.97 Å². The molecule has 1 aromatic carbocycles. The fraction of sp³-hybridized carbons (Fsp3) is 0.263. The summed E-state index contributed by atoms with van der Waals surface area (Å²) in [7, 11) is 0. The number of nitro benzene ring substituents is 1. The molecule has 0 atom stereocenters. The Labute approximate surface area is 155 Å². The SMILES string of the molecule is N#C/C(=C\c1ccc(-c2ccc(N3CCCCC3)c([N+](=O)[O-])c2)o1)C(=O)O. The standard InChI is InChI=1S/C19H17N3O5/c20-12-14(19(23)24)10-15-5-7-18(27-15)13-4-6-16(17(11-13)22(25)26)21-8-2-1-3-9-21/h4-7,10-11H,1-3,8-9H2,(H,23,24)/b14-10+. The van der Waals surface area contributed by atoms with E-state index in [-0.39, 0.29) is 11.4 Å². The van der Waals surface area contributed by atoms with E-state index < -0.39 is 16.5 Å². The Morgan fingerprint density at radius 3 is 2.63 bits per heavy atom. The van der Waals surface area contributed by atoms with Crippen molar-refractivity contribution in [3.8, 4) is 17.4 Å². The number of carboxylic acid groups (broad SMARTS) is 1. The van der Waals surface area contributed by atoms with Gasteiger partial charge in [-0.3, -0.25) is 10.1 Å². The second-order valence-corrected chi connectivity index (χ2v) is 6.19. The van der Waals surface area contributed by atoms with Crippen LogP contribution >= 0.6 is 0 Å². The summed E-state index contributed by atoms with van der Waals surface area (Å²) in [4.78, 5) is 24.1. The van der Waals surface area contributed by atoms with Gasteiger partial charge in [-0.1, -0.05) is 0 Å². The van der Waals surface area contributed by atoms with Crippen molar-refractivity contribution in [2.24, 2.45) is 0 Å². The molecule has 0 bridgehead atoms. The van der Waals surface area contributed by atoms with Crippen molar-refractivity contribution in [3.63, 3.8) is 0 Å². The Balaban J connectivity index is 1.94. The minimum atomic E-state index is -1.35. The normalized spacial score (nSPS) is 14.6. The van der Waals surface area contributed by atoms with Gasteiger partial charge in [0.25, 0.3) is 5.69 Å². The van der Waals surface area contributed by atoms with E-state index in [9.17, 15) is 14.9 Å². The van der Waals surface area contributed by atoms with Crippen LogP contribution in [-0.2, 0) is 4.79 Å². The molecule has 0 spiro atoms. The molecular weight excluding hydrogens is 350 g/mol. The van der Waals surface area contributed by atoms with Crippen LogP contribution < -0.4 is 4.90 Å². The molecule has 0 unspecified atom stereocenters. The number of benzene rings is 1. The molecule has 3 rings (SSSR count). The van der Waals surface area contributed by atoms with E-state index in [2.05, 4.69) is 0 Å². The topological polar surface area (TPSA) is 121 Å². The molecule has 1 aliphatic heterocycles. The summed E-state index contributed by atoms with van der Waals surface area (Å²) < 4.78 is 5.55. The first kappa shape index (κ1) is 18.2. The predicted molar refractivity (Wildman–Crippen MR) is 98.1 cm³/mol. The van der Waals surface area contributed by atoms with Crippen molar-refractivity contribution in [2.75, 3.05) is 18.0 Å². The second kappa shape index (κ2) is 7.74. The Kier molecular flexibility index (Phi) is 5.22. The van der Waals surface area contributed by atoms with Crippen molar-refractivity contribution < 1.29 is 19.2 Å². The van der Waals surface area contributed by atoms with Crippen LogP contribution in [0.2, 0.25) is 0 Å². The van der Waals surface area contributed by atoms with Crippen LogP contribution in [0.1, 0.15) is 25.0 Å². The molecule has 0 radical (unpaired) electrons. The van der Waals surface area contributed by atoms with Crippen LogP contribution in [-0.4, -0.2) is 29.1 Å². The Morgan fingerprint density at radius 2 is 2.00 bits per heavy atom.